The van der Waals surface area contributed by atoms with Crippen LogP contribution in [0, 0.1) is 0 Å². The predicted octanol–water partition coefficient (Wildman–Crippen LogP) is 2.88. The smallest absolute Gasteiger partial charge is 0.179 e. The molecule has 1 aromatic carbocycles. The third kappa shape index (κ3) is 2.06. The van der Waals surface area contributed by atoms with Crippen LogP contribution in [0.1, 0.15) is 10.6 Å². The number of nitrogens with one attached hydrogen (secondary N) is 1. The van der Waals surface area contributed by atoms with Crippen LogP contribution in [0.15, 0.2) is 12.1 Å². The number of nitrogens with zero attached hydrogens (tertiary/aromatic N) is 1. The number of hydrogen-bond donors (Lipinski definition) is 1. The molecule has 0 spiro atoms. The van der Waals surface area contributed by atoms with Crippen molar-refractivity contribution in [2.24, 2.45) is 0 Å². The highest BCUT2D eigenvalue weighted by Gasteiger charge is 2.20. The summed E-state index contributed by atoms with van der Waals surface area (Å²) in [5, 5.41) is 4.95. The molecule has 6 heteroatoms. The summed E-state index contributed by atoms with van der Waals surface area (Å²) >= 11 is 8.00. The van der Waals surface area contributed by atoms with Crippen molar-refractivity contribution >= 4 is 22.9 Å². The number of ether oxygens (including phenoxy) is 2. The van der Waals surface area contributed by atoms with Crippen molar-refractivity contribution in [2.45, 2.75) is 13.0 Å². The summed E-state index contributed by atoms with van der Waals surface area (Å²) in [6, 6.07) is 3.88. The first-order chi connectivity index (χ1) is 9.81. The molecule has 0 radical (unpaired) electrons. The van der Waals surface area contributed by atoms with E-state index in [0.717, 1.165) is 30.1 Å². The van der Waals surface area contributed by atoms with Gasteiger partial charge < -0.3 is 14.8 Å². The molecule has 0 amide bonds. The lowest BCUT2D eigenvalue weighted by Crippen LogP contribution is -2.22. The fourth-order valence-electron chi connectivity index (χ4n) is 2.48. The topological polar surface area (TPSA) is 43.4 Å². The van der Waals surface area contributed by atoms with E-state index in [4.69, 9.17) is 26.1 Å². The molecule has 0 saturated heterocycles. The Balaban J connectivity index is 1.78. The first-order valence-electron chi connectivity index (χ1n) is 6.60. The average Bonchev–Trinajstić information content (AvgIpc) is 2.91. The van der Waals surface area contributed by atoms with Gasteiger partial charge in [0.2, 0.25) is 0 Å². The highest BCUT2D eigenvalue weighted by Crippen LogP contribution is 2.42. The van der Waals surface area contributed by atoms with E-state index < -0.39 is 0 Å². The van der Waals surface area contributed by atoms with Crippen molar-refractivity contribution in [2.75, 3.05) is 19.8 Å². The summed E-state index contributed by atoms with van der Waals surface area (Å²) in [5.41, 5.74) is 2.20. The molecule has 0 atom stereocenters. The second-order valence-electron chi connectivity index (χ2n) is 4.80. The fourth-order valence-corrected chi connectivity index (χ4v) is 3.81. The van der Waals surface area contributed by atoms with Gasteiger partial charge in [0.25, 0.3) is 0 Å². The number of rotatable bonds is 1. The van der Waals surface area contributed by atoms with Crippen LogP contribution in [0.2, 0.25) is 5.02 Å². The Morgan fingerprint density at radius 1 is 1.25 bits per heavy atom. The summed E-state index contributed by atoms with van der Waals surface area (Å²) in [5.74, 6) is 1.36. The van der Waals surface area contributed by atoms with E-state index in [-0.39, 0.29) is 0 Å². The molecule has 0 saturated carbocycles. The van der Waals surface area contributed by atoms with Crippen molar-refractivity contribution in [3.8, 4) is 22.1 Å². The van der Waals surface area contributed by atoms with Crippen LogP contribution in [0.3, 0.4) is 0 Å². The molecule has 0 aliphatic carbocycles. The van der Waals surface area contributed by atoms with Crippen LogP contribution in [-0.4, -0.2) is 24.7 Å². The maximum Gasteiger partial charge on any atom is 0.179 e. The SMILES string of the molecule is Clc1cc(-c2nc3c(s2)CNCC3)cc2c1OCCO2. The summed E-state index contributed by atoms with van der Waals surface area (Å²) in [6.45, 7) is 3.01. The largest absolute Gasteiger partial charge is 0.486 e. The van der Waals surface area contributed by atoms with E-state index in [1.807, 2.05) is 12.1 Å². The lowest BCUT2D eigenvalue weighted by molar-refractivity contribution is 0.172. The molecule has 20 heavy (non-hydrogen) atoms. The third-order valence-corrected chi connectivity index (χ3v) is 4.87. The molecular weight excluding hydrogens is 296 g/mol. The average molecular weight is 309 g/mol. The van der Waals surface area contributed by atoms with Crippen LogP contribution in [0.5, 0.6) is 11.5 Å². The van der Waals surface area contributed by atoms with Crippen LogP contribution in [-0.2, 0) is 13.0 Å². The van der Waals surface area contributed by atoms with E-state index in [1.54, 1.807) is 11.3 Å². The van der Waals surface area contributed by atoms with E-state index in [2.05, 4.69) is 5.32 Å². The monoisotopic (exact) mass is 308 g/mol. The van der Waals surface area contributed by atoms with Gasteiger partial charge in [0.05, 0.1) is 10.7 Å². The molecule has 4 nitrogen and oxygen atoms in total. The molecule has 0 bridgehead atoms. The summed E-state index contributed by atoms with van der Waals surface area (Å²) in [6.07, 6.45) is 0.990. The number of fused-ring (bicyclic) bond motifs is 2. The molecule has 1 aromatic heterocycles. The lowest BCUT2D eigenvalue weighted by Gasteiger charge is -2.19. The number of aromatic nitrogens is 1. The molecular formula is C14H13ClN2O2S. The second kappa shape index (κ2) is 4.91. The van der Waals surface area contributed by atoms with Gasteiger partial charge in [0.1, 0.15) is 18.2 Å². The minimum Gasteiger partial charge on any atom is -0.486 e. The van der Waals surface area contributed by atoms with Crippen LogP contribution in [0.25, 0.3) is 10.6 Å². The molecule has 3 heterocycles. The number of halogens is 1. The van der Waals surface area contributed by atoms with E-state index in [1.165, 1.54) is 10.6 Å². The van der Waals surface area contributed by atoms with Gasteiger partial charge in [-0.05, 0) is 12.1 Å². The maximum atomic E-state index is 6.28. The summed E-state index contributed by atoms with van der Waals surface area (Å²) < 4.78 is 11.2. The minimum absolute atomic E-state index is 0.545. The Morgan fingerprint density at radius 3 is 3.05 bits per heavy atom. The van der Waals surface area contributed by atoms with E-state index in [9.17, 15) is 0 Å². The molecule has 2 aliphatic heterocycles. The Labute approximate surface area is 125 Å². The highest BCUT2D eigenvalue weighted by atomic mass is 35.5. The summed E-state index contributed by atoms with van der Waals surface area (Å²) in [4.78, 5) is 6.05. The zero-order valence-corrected chi connectivity index (χ0v) is 12.3. The van der Waals surface area contributed by atoms with E-state index >= 15 is 0 Å². The van der Waals surface area contributed by atoms with Gasteiger partial charge in [0, 0.05) is 30.0 Å². The van der Waals surface area contributed by atoms with Gasteiger partial charge in [-0.2, -0.15) is 0 Å². The van der Waals surface area contributed by atoms with Crippen molar-refractivity contribution in [3.05, 3.63) is 27.7 Å². The van der Waals surface area contributed by atoms with Gasteiger partial charge in [-0.15, -0.1) is 11.3 Å². The second-order valence-corrected chi connectivity index (χ2v) is 6.29. The van der Waals surface area contributed by atoms with Crippen molar-refractivity contribution in [1.82, 2.24) is 10.3 Å². The van der Waals surface area contributed by atoms with Crippen LogP contribution < -0.4 is 14.8 Å². The first kappa shape index (κ1) is 12.4. The molecule has 2 aromatic rings. The lowest BCUT2D eigenvalue weighted by atomic mass is 10.2. The molecule has 1 N–H and O–H groups in total. The standard InChI is InChI=1S/C14H13ClN2O2S/c15-9-5-8(6-11-13(9)19-4-3-18-11)14-17-10-1-2-16-7-12(10)20-14/h5-6,16H,1-4,7H2. The Morgan fingerprint density at radius 2 is 2.15 bits per heavy atom. The van der Waals surface area contributed by atoms with Crippen LogP contribution >= 0.6 is 22.9 Å². The maximum absolute atomic E-state index is 6.28. The summed E-state index contributed by atoms with van der Waals surface area (Å²) in [7, 11) is 0. The quantitative estimate of drug-likeness (QED) is 0.880. The predicted molar refractivity (Wildman–Crippen MR) is 79.0 cm³/mol. The van der Waals surface area contributed by atoms with Gasteiger partial charge >= 0.3 is 0 Å². The molecule has 104 valence electrons. The first-order valence-corrected chi connectivity index (χ1v) is 7.79. The number of thiazole rings is 1. The van der Waals surface area contributed by atoms with Gasteiger partial charge in [-0.3, -0.25) is 0 Å². The third-order valence-electron chi connectivity index (χ3n) is 3.45. The zero-order chi connectivity index (χ0) is 13.5. The number of benzene rings is 1. The Bertz CT molecular complexity index is 648. The Kier molecular flexibility index (Phi) is 3.06. The minimum atomic E-state index is 0.545. The van der Waals surface area contributed by atoms with Crippen molar-refractivity contribution in [3.63, 3.8) is 0 Å². The van der Waals surface area contributed by atoms with E-state index in [0.29, 0.717) is 29.7 Å². The Hall–Kier alpha value is -1.30. The number of hydrogen-bond acceptors (Lipinski definition) is 5. The molecule has 4 rings (SSSR count). The zero-order valence-electron chi connectivity index (χ0n) is 10.7. The highest BCUT2D eigenvalue weighted by molar-refractivity contribution is 7.15. The van der Waals surface area contributed by atoms with Crippen molar-refractivity contribution in [1.29, 1.82) is 0 Å². The molecule has 0 unspecified atom stereocenters. The normalized spacial score (nSPS) is 16.9. The van der Waals surface area contributed by atoms with Crippen molar-refractivity contribution < 1.29 is 9.47 Å². The van der Waals surface area contributed by atoms with Crippen LogP contribution in [0.4, 0.5) is 0 Å². The van der Waals surface area contributed by atoms with Gasteiger partial charge in [0.15, 0.2) is 11.5 Å². The molecule has 2 aliphatic rings. The van der Waals surface area contributed by atoms with Gasteiger partial charge in [-0.1, -0.05) is 11.6 Å². The molecule has 0 fully saturated rings. The fraction of sp³-hybridized carbons (Fsp3) is 0.357. The van der Waals surface area contributed by atoms with Gasteiger partial charge in [-0.25, -0.2) is 4.98 Å².